The first-order valence-electron chi connectivity index (χ1n) is 5.43. The second-order valence-corrected chi connectivity index (χ2v) is 4.69. The van der Waals surface area contributed by atoms with Gasteiger partial charge in [0.05, 0.1) is 0 Å². The summed E-state index contributed by atoms with van der Waals surface area (Å²) in [5.74, 6) is 1.69. The second kappa shape index (κ2) is 3.30. The van der Waals surface area contributed by atoms with E-state index in [2.05, 4.69) is 20.8 Å². The molecule has 0 saturated heterocycles. The van der Waals surface area contributed by atoms with Crippen molar-refractivity contribution in [2.24, 2.45) is 0 Å². The third-order valence-electron chi connectivity index (χ3n) is 3.01. The molecule has 0 radical (unpaired) electrons. The van der Waals surface area contributed by atoms with Crippen molar-refractivity contribution in [2.75, 3.05) is 0 Å². The van der Waals surface area contributed by atoms with Gasteiger partial charge in [0.25, 0.3) is 0 Å². The van der Waals surface area contributed by atoms with Crippen LogP contribution in [-0.4, -0.2) is 5.11 Å². The molecule has 2 rings (SSSR count). The molecular formula is C13H18O. The molecule has 1 aromatic rings. The van der Waals surface area contributed by atoms with Gasteiger partial charge in [-0.1, -0.05) is 13.8 Å². The fraction of sp³-hybridized carbons (Fsp3) is 0.538. The van der Waals surface area contributed by atoms with E-state index in [0.29, 0.717) is 11.7 Å². The minimum Gasteiger partial charge on any atom is -0.508 e. The zero-order valence-electron chi connectivity index (χ0n) is 9.17. The molecule has 1 aliphatic carbocycles. The summed E-state index contributed by atoms with van der Waals surface area (Å²) in [6, 6.07) is 3.82. The van der Waals surface area contributed by atoms with Crippen molar-refractivity contribution in [3.05, 3.63) is 28.8 Å². The topological polar surface area (TPSA) is 20.2 Å². The number of phenols is 1. The molecule has 1 nitrogen and oxygen atoms in total. The fourth-order valence-corrected chi connectivity index (χ4v) is 2.21. The molecular weight excluding hydrogens is 172 g/mol. The van der Waals surface area contributed by atoms with Crippen molar-refractivity contribution < 1.29 is 5.11 Å². The summed E-state index contributed by atoms with van der Waals surface area (Å²) < 4.78 is 0. The molecule has 1 fully saturated rings. The summed E-state index contributed by atoms with van der Waals surface area (Å²) in [4.78, 5) is 0. The number of hydrogen-bond donors (Lipinski definition) is 1. The van der Waals surface area contributed by atoms with E-state index in [1.165, 1.54) is 29.5 Å². The van der Waals surface area contributed by atoms with Crippen LogP contribution in [0.4, 0.5) is 0 Å². The summed E-state index contributed by atoms with van der Waals surface area (Å²) in [7, 11) is 0. The van der Waals surface area contributed by atoms with Crippen LogP contribution in [0.15, 0.2) is 12.1 Å². The number of aryl methyl sites for hydroxylation is 1. The summed E-state index contributed by atoms with van der Waals surface area (Å²) >= 11 is 0. The zero-order valence-corrected chi connectivity index (χ0v) is 9.17. The molecule has 0 atom stereocenters. The Morgan fingerprint density at radius 3 is 2.43 bits per heavy atom. The SMILES string of the molecule is Cc1cc(O)cc(C(C)C)c1C1CC1. The van der Waals surface area contributed by atoms with Crippen LogP contribution in [0.3, 0.4) is 0 Å². The standard InChI is InChI=1S/C13H18O/c1-8(2)12-7-11(14)6-9(3)13(12)10-4-5-10/h6-8,10,14H,4-5H2,1-3H3. The lowest BCUT2D eigenvalue weighted by atomic mass is 9.90. The van der Waals surface area contributed by atoms with Crippen molar-refractivity contribution >= 4 is 0 Å². The highest BCUT2D eigenvalue weighted by molar-refractivity contribution is 5.46. The van der Waals surface area contributed by atoms with E-state index in [1.807, 2.05) is 12.1 Å². The Morgan fingerprint density at radius 1 is 1.29 bits per heavy atom. The van der Waals surface area contributed by atoms with Gasteiger partial charge in [0.2, 0.25) is 0 Å². The molecule has 0 amide bonds. The van der Waals surface area contributed by atoms with Crippen LogP contribution in [0.5, 0.6) is 5.75 Å². The van der Waals surface area contributed by atoms with Gasteiger partial charge in [-0.2, -0.15) is 0 Å². The van der Waals surface area contributed by atoms with Crippen molar-refractivity contribution in [3.8, 4) is 5.75 Å². The number of hydrogen-bond acceptors (Lipinski definition) is 1. The van der Waals surface area contributed by atoms with E-state index in [-0.39, 0.29) is 0 Å². The van der Waals surface area contributed by atoms with Gasteiger partial charge in [-0.25, -0.2) is 0 Å². The maximum absolute atomic E-state index is 9.57. The highest BCUT2D eigenvalue weighted by Crippen LogP contribution is 2.45. The summed E-state index contributed by atoms with van der Waals surface area (Å²) in [5.41, 5.74) is 4.10. The lowest BCUT2D eigenvalue weighted by molar-refractivity contribution is 0.473. The van der Waals surface area contributed by atoms with Crippen molar-refractivity contribution in [2.45, 2.75) is 45.4 Å². The Kier molecular flexibility index (Phi) is 2.26. The molecule has 14 heavy (non-hydrogen) atoms. The average molecular weight is 190 g/mol. The first kappa shape index (κ1) is 9.57. The van der Waals surface area contributed by atoms with E-state index in [1.54, 1.807) is 0 Å². The van der Waals surface area contributed by atoms with Crippen LogP contribution in [0, 0.1) is 6.92 Å². The lowest BCUT2D eigenvalue weighted by Gasteiger charge is -2.15. The van der Waals surface area contributed by atoms with Gasteiger partial charge in [-0.15, -0.1) is 0 Å². The predicted octanol–water partition coefficient (Wildman–Crippen LogP) is 3.70. The highest BCUT2D eigenvalue weighted by Gasteiger charge is 2.28. The van der Waals surface area contributed by atoms with E-state index < -0.39 is 0 Å². The lowest BCUT2D eigenvalue weighted by Crippen LogP contribution is -1.97. The normalized spacial score (nSPS) is 16.3. The van der Waals surface area contributed by atoms with Gasteiger partial charge >= 0.3 is 0 Å². The minimum absolute atomic E-state index is 0.413. The molecule has 1 heteroatoms. The van der Waals surface area contributed by atoms with Crippen molar-refractivity contribution in [3.63, 3.8) is 0 Å². The number of benzene rings is 1. The Balaban J connectivity index is 2.53. The molecule has 0 aromatic heterocycles. The molecule has 0 heterocycles. The molecule has 76 valence electrons. The molecule has 0 bridgehead atoms. The minimum atomic E-state index is 0.413. The first-order chi connectivity index (χ1) is 6.59. The Hall–Kier alpha value is -0.980. The third-order valence-corrected chi connectivity index (χ3v) is 3.01. The van der Waals surface area contributed by atoms with Crippen molar-refractivity contribution in [1.82, 2.24) is 0 Å². The Morgan fingerprint density at radius 2 is 1.93 bits per heavy atom. The fourth-order valence-electron chi connectivity index (χ4n) is 2.21. The summed E-state index contributed by atoms with van der Waals surface area (Å²) in [6.45, 7) is 6.50. The van der Waals surface area contributed by atoms with Crippen LogP contribution in [0.2, 0.25) is 0 Å². The predicted molar refractivity (Wildman–Crippen MR) is 58.9 cm³/mol. The molecule has 1 aromatic carbocycles. The largest absolute Gasteiger partial charge is 0.508 e. The van der Waals surface area contributed by atoms with Gasteiger partial charge in [-0.05, 0) is 60.4 Å². The molecule has 1 N–H and O–H groups in total. The van der Waals surface area contributed by atoms with E-state index in [4.69, 9.17) is 0 Å². The maximum atomic E-state index is 9.57. The van der Waals surface area contributed by atoms with E-state index in [0.717, 1.165) is 5.92 Å². The third kappa shape index (κ3) is 1.63. The molecule has 0 aliphatic heterocycles. The highest BCUT2D eigenvalue weighted by atomic mass is 16.3. The van der Waals surface area contributed by atoms with Crippen LogP contribution >= 0.6 is 0 Å². The van der Waals surface area contributed by atoms with Gasteiger partial charge < -0.3 is 5.11 Å². The zero-order chi connectivity index (χ0) is 10.3. The molecule has 0 spiro atoms. The van der Waals surface area contributed by atoms with Crippen LogP contribution in [0.25, 0.3) is 0 Å². The molecule has 1 aliphatic rings. The number of phenolic OH excluding ortho intramolecular Hbond substituents is 1. The number of aromatic hydroxyl groups is 1. The Labute approximate surface area is 85.8 Å². The Bertz CT molecular complexity index is 348. The quantitative estimate of drug-likeness (QED) is 0.753. The molecule has 1 saturated carbocycles. The van der Waals surface area contributed by atoms with E-state index in [9.17, 15) is 5.11 Å². The van der Waals surface area contributed by atoms with Crippen LogP contribution in [-0.2, 0) is 0 Å². The first-order valence-corrected chi connectivity index (χ1v) is 5.43. The smallest absolute Gasteiger partial charge is 0.116 e. The average Bonchev–Trinajstić information content (AvgIpc) is 2.85. The number of rotatable bonds is 2. The van der Waals surface area contributed by atoms with Gasteiger partial charge in [-0.3, -0.25) is 0 Å². The summed E-state index contributed by atoms with van der Waals surface area (Å²) in [6.07, 6.45) is 2.65. The van der Waals surface area contributed by atoms with Gasteiger partial charge in [0.15, 0.2) is 0 Å². The maximum Gasteiger partial charge on any atom is 0.116 e. The monoisotopic (exact) mass is 190 g/mol. The van der Waals surface area contributed by atoms with Gasteiger partial charge in [0, 0.05) is 0 Å². The van der Waals surface area contributed by atoms with Gasteiger partial charge in [0.1, 0.15) is 5.75 Å². The molecule has 0 unspecified atom stereocenters. The van der Waals surface area contributed by atoms with Crippen LogP contribution in [0.1, 0.15) is 55.2 Å². The van der Waals surface area contributed by atoms with Crippen molar-refractivity contribution in [1.29, 1.82) is 0 Å². The van der Waals surface area contributed by atoms with Crippen LogP contribution < -0.4 is 0 Å². The van der Waals surface area contributed by atoms with E-state index >= 15 is 0 Å². The second-order valence-electron chi connectivity index (χ2n) is 4.69. The summed E-state index contributed by atoms with van der Waals surface area (Å²) in [5, 5.41) is 9.57.